The van der Waals surface area contributed by atoms with Crippen molar-refractivity contribution in [3.8, 4) is 11.5 Å². The fraction of sp³-hybridized carbons (Fsp3) is 0.294. The molecule has 0 saturated carbocycles. The van der Waals surface area contributed by atoms with Crippen molar-refractivity contribution in [2.75, 3.05) is 6.54 Å². The lowest BCUT2D eigenvalue weighted by atomic mass is 10.1. The van der Waals surface area contributed by atoms with Crippen LogP contribution in [0.25, 0.3) is 0 Å². The summed E-state index contributed by atoms with van der Waals surface area (Å²) >= 11 is 3.53. The van der Waals surface area contributed by atoms with Crippen molar-refractivity contribution in [3.05, 3.63) is 58.1 Å². The lowest BCUT2D eigenvalue weighted by Gasteiger charge is -2.18. The molecular formula is C17H20BrNO. The van der Waals surface area contributed by atoms with E-state index >= 15 is 0 Å². The largest absolute Gasteiger partial charge is 0.457 e. The number of ether oxygens (including phenoxy) is 1. The maximum Gasteiger partial charge on any atom is 0.132 e. The van der Waals surface area contributed by atoms with Gasteiger partial charge >= 0.3 is 0 Å². The van der Waals surface area contributed by atoms with E-state index in [0.717, 1.165) is 28.1 Å². The van der Waals surface area contributed by atoms with Gasteiger partial charge in [-0.3, -0.25) is 0 Å². The van der Waals surface area contributed by atoms with Gasteiger partial charge < -0.3 is 10.1 Å². The summed E-state index contributed by atoms with van der Waals surface area (Å²) in [6.45, 7) is 7.25. The minimum atomic E-state index is 0.248. The van der Waals surface area contributed by atoms with Crippen LogP contribution in [0.15, 0.2) is 46.9 Å². The molecule has 0 heterocycles. The van der Waals surface area contributed by atoms with Crippen LogP contribution in [0.4, 0.5) is 0 Å². The summed E-state index contributed by atoms with van der Waals surface area (Å²) in [4.78, 5) is 0. The Morgan fingerprint density at radius 2 is 2.00 bits per heavy atom. The molecular weight excluding hydrogens is 314 g/mol. The van der Waals surface area contributed by atoms with Crippen LogP contribution < -0.4 is 10.1 Å². The van der Waals surface area contributed by atoms with E-state index in [1.54, 1.807) is 0 Å². The highest BCUT2D eigenvalue weighted by Gasteiger charge is 2.12. The van der Waals surface area contributed by atoms with Crippen LogP contribution in [-0.2, 0) is 0 Å². The fourth-order valence-electron chi connectivity index (χ4n) is 2.17. The van der Waals surface area contributed by atoms with E-state index in [1.807, 2.05) is 30.3 Å². The third kappa shape index (κ3) is 3.84. The van der Waals surface area contributed by atoms with Gasteiger partial charge in [-0.15, -0.1) is 0 Å². The van der Waals surface area contributed by atoms with Crippen molar-refractivity contribution >= 4 is 15.9 Å². The van der Waals surface area contributed by atoms with Gasteiger partial charge in [0.2, 0.25) is 0 Å². The maximum absolute atomic E-state index is 6.05. The van der Waals surface area contributed by atoms with Crippen LogP contribution in [0.5, 0.6) is 11.5 Å². The van der Waals surface area contributed by atoms with E-state index in [-0.39, 0.29) is 6.04 Å². The summed E-state index contributed by atoms with van der Waals surface area (Å²) in [7, 11) is 0. The molecule has 0 aliphatic rings. The average molecular weight is 334 g/mol. The highest BCUT2D eigenvalue weighted by atomic mass is 79.9. The summed E-state index contributed by atoms with van der Waals surface area (Å²) in [5.41, 5.74) is 2.35. The van der Waals surface area contributed by atoms with Gasteiger partial charge in [-0.05, 0) is 56.3 Å². The zero-order valence-electron chi connectivity index (χ0n) is 12.1. The first-order valence-electron chi connectivity index (χ1n) is 6.87. The summed E-state index contributed by atoms with van der Waals surface area (Å²) in [6.07, 6.45) is 0. The third-order valence-electron chi connectivity index (χ3n) is 3.17. The molecule has 3 heteroatoms. The SMILES string of the molecule is CCNC(C)c1cc(Br)ccc1Oc1cccc(C)c1. The smallest absolute Gasteiger partial charge is 0.132 e. The van der Waals surface area contributed by atoms with E-state index < -0.39 is 0 Å². The summed E-state index contributed by atoms with van der Waals surface area (Å²) in [6, 6.07) is 14.5. The second-order valence-corrected chi connectivity index (χ2v) is 5.80. The van der Waals surface area contributed by atoms with Crippen LogP contribution in [0.1, 0.15) is 31.0 Å². The van der Waals surface area contributed by atoms with E-state index in [2.05, 4.69) is 54.2 Å². The lowest BCUT2D eigenvalue weighted by molar-refractivity contribution is 0.462. The Bertz CT molecular complexity index is 583. The first kappa shape index (κ1) is 15.1. The predicted octanol–water partition coefficient (Wildman–Crippen LogP) is 5.22. The van der Waals surface area contributed by atoms with Gasteiger partial charge in [0.15, 0.2) is 0 Å². The second kappa shape index (κ2) is 6.91. The molecule has 0 fully saturated rings. The Balaban J connectivity index is 2.31. The van der Waals surface area contributed by atoms with E-state index in [0.29, 0.717) is 0 Å². The van der Waals surface area contributed by atoms with Crippen molar-refractivity contribution in [3.63, 3.8) is 0 Å². The molecule has 0 amide bonds. The molecule has 1 atom stereocenters. The summed E-state index contributed by atoms with van der Waals surface area (Å²) in [5.74, 6) is 1.77. The highest BCUT2D eigenvalue weighted by molar-refractivity contribution is 9.10. The van der Waals surface area contributed by atoms with Gasteiger partial charge in [0, 0.05) is 16.1 Å². The normalized spacial score (nSPS) is 12.2. The lowest BCUT2D eigenvalue weighted by Crippen LogP contribution is -2.18. The van der Waals surface area contributed by atoms with E-state index in [4.69, 9.17) is 4.74 Å². The molecule has 20 heavy (non-hydrogen) atoms. The number of benzene rings is 2. The van der Waals surface area contributed by atoms with Gasteiger partial charge in [0.25, 0.3) is 0 Å². The monoisotopic (exact) mass is 333 g/mol. The Hall–Kier alpha value is -1.32. The standard InChI is InChI=1S/C17H20BrNO/c1-4-19-13(3)16-11-14(18)8-9-17(16)20-15-7-5-6-12(2)10-15/h5-11,13,19H,4H2,1-3H3. The highest BCUT2D eigenvalue weighted by Crippen LogP contribution is 2.32. The van der Waals surface area contributed by atoms with Crippen LogP contribution in [0, 0.1) is 6.92 Å². The third-order valence-corrected chi connectivity index (χ3v) is 3.66. The summed E-state index contributed by atoms with van der Waals surface area (Å²) in [5, 5.41) is 3.43. The number of rotatable bonds is 5. The van der Waals surface area contributed by atoms with Crippen molar-refractivity contribution < 1.29 is 4.74 Å². The van der Waals surface area contributed by atoms with Crippen LogP contribution in [-0.4, -0.2) is 6.54 Å². The quantitative estimate of drug-likeness (QED) is 0.809. The second-order valence-electron chi connectivity index (χ2n) is 4.88. The molecule has 2 nitrogen and oxygen atoms in total. The number of halogens is 1. The molecule has 0 aromatic heterocycles. The molecule has 0 aliphatic heterocycles. The Labute approximate surface area is 129 Å². The first-order valence-corrected chi connectivity index (χ1v) is 7.66. The van der Waals surface area contributed by atoms with Crippen LogP contribution in [0.3, 0.4) is 0 Å². The van der Waals surface area contributed by atoms with Gasteiger partial charge in [-0.2, -0.15) is 0 Å². The predicted molar refractivity (Wildman–Crippen MR) is 87.5 cm³/mol. The van der Waals surface area contributed by atoms with E-state index in [1.165, 1.54) is 5.56 Å². The molecule has 1 unspecified atom stereocenters. The van der Waals surface area contributed by atoms with Gasteiger partial charge in [-0.1, -0.05) is 35.0 Å². The van der Waals surface area contributed by atoms with Crippen molar-refractivity contribution in [1.82, 2.24) is 5.32 Å². The van der Waals surface area contributed by atoms with Gasteiger partial charge in [0.1, 0.15) is 11.5 Å². The molecule has 1 N–H and O–H groups in total. The minimum Gasteiger partial charge on any atom is -0.457 e. The summed E-state index contributed by atoms with van der Waals surface area (Å²) < 4.78 is 7.12. The van der Waals surface area contributed by atoms with E-state index in [9.17, 15) is 0 Å². The molecule has 2 rings (SSSR count). The fourth-order valence-corrected chi connectivity index (χ4v) is 2.55. The first-order chi connectivity index (χ1) is 9.60. The van der Waals surface area contributed by atoms with Crippen LogP contribution >= 0.6 is 15.9 Å². The molecule has 0 bridgehead atoms. The van der Waals surface area contributed by atoms with Gasteiger partial charge in [0.05, 0.1) is 0 Å². The van der Waals surface area contributed by atoms with Crippen molar-refractivity contribution in [1.29, 1.82) is 0 Å². The molecule has 0 aliphatic carbocycles. The topological polar surface area (TPSA) is 21.3 Å². The number of aryl methyl sites for hydroxylation is 1. The van der Waals surface area contributed by atoms with Crippen LogP contribution in [0.2, 0.25) is 0 Å². The average Bonchev–Trinajstić information content (AvgIpc) is 2.41. The number of hydrogen-bond acceptors (Lipinski definition) is 2. The molecule has 0 radical (unpaired) electrons. The van der Waals surface area contributed by atoms with Crippen molar-refractivity contribution in [2.45, 2.75) is 26.8 Å². The Morgan fingerprint density at radius 3 is 2.70 bits per heavy atom. The molecule has 2 aromatic carbocycles. The molecule has 0 spiro atoms. The maximum atomic E-state index is 6.05. The molecule has 106 valence electrons. The zero-order chi connectivity index (χ0) is 14.5. The Morgan fingerprint density at radius 1 is 1.20 bits per heavy atom. The Kier molecular flexibility index (Phi) is 5.21. The van der Waals surface area contributed by atoms with Crippen molar-refractivity contribution in [2.24, 2.45) is 0 Å². The molecule has 0 saturated heterocycles. The van der Waals surface area contributed by atoms with Gasteiger partial charge in [-0.25, -0.2) is 0 Å². The minimum absolute atomic E-state index is 0.248. The number of nitrogens with one attached hydrogen (secondary N) is 1. The zero-order valence-corrected chi connectivity index (χ0v) is 13.7. The number of hydrogen-bond donors (Lipinski definition) is 1. The molecule has 2 aromatic rings.